The fourth-order valence-electron chi connectivity index (χ4n) is 2.31. The van der Waals surface area contributed by atoms with Crippen LogP contribution in [0.1, 0.15) is 56.6 Å². The van der Waals surface area contributed by atoms with E-state index in [1.807, 2.05) is 17.2 Å². The summed E-state index contributed by atoms with van der Waals surface area (Å²) in [7, 11) is 0. The highest BCUT2D eigenvalue weighted by atomic mass is 15.3. The molecule has 2 aromatic rings. The lowest BCUT2D eigenvalue weighted by Crippen LogP contribution is -2.05. The summed E-state index contributed by atoms with van der Waals surface area (Å²) in [5.74, 6) is 0.493. The van der Waals surface area contributed by atoms with Crippen LogP contribution in [0.2, 0.25) is 0 Å². The molecule has 0 saturated heterocycles. The largest absolute Gasteiger partial charge is 0.330 e. The second kappa shape index (κ2) is 4.96. The van der Waals surface area contributed by atoms with E-state index in [1.54, 1.807) is 0 Å². The van der Waals surface area contributed by atoms with Gasteiger partial charge in [0.15, 0.2) is 0 Å². The summed E-state index contributed by atoms with van der Waals surface area (Å²) < 4.78 is 4.22. The molecule has 0 saturated carbocycles. The van der Waals surface area contributed by atoms with Crippen molar-refractivity contribution < 1.29 is 0 Å². The van der Waals surface area contributed by atoms with Crippen molar-refractivity contribution in [3.8, 4) is 0 Å². The molecule has 0 amide bonds. The molecule has 0 aromatic carbocycles. The van der Waals surface area contributed by atoms with Crippen molar-refractivity contribution in [1.29, 1.82) is 0 Å². The van der Waals surface area contributed by atoms with E-state index in [-0.39, 0.29) is 0 Å². The first-order chi connectivity index (χ1) is 8.49. The quantitative estimate of drug-likeness (QED) is 0.830. The Morgan fingerprint density at radius 3 is 2.50 bits per heavy atom. The Labute approximate surface area is 109 Å². The van der Waals surface area contributed by atoms with Crippen molar-refractivity contribution in [3.63, 3.8) is 0 Å². The molecule has 0 bridgehead atoms. The van der Waals surface area contributed by atoms with Gasteiger partial charge in [0, 0.05) is 23.5 Å². The summed E-state index contributed by atoms with van der Waals surface area (Å²) in [4.78, 5) is 4.41. The van der Waals surface area contributed by atoms with Crippen molar-refractivity contribution in [2.45, 2.75) is 53.1 Å². The fraction of sp³-hybridized carbons (Fsp3) is 0.571. The Kier molecular flexibility index (Phi) is 3.55. The lowest BCUT2D eigenvalue weighted by molar-refractivity contribution is 0.531. The van der Waals surface area contributed by atoms with Crippen molar-refractivity contribution in [3.05, 3.63) is 35.7 Å². The highest BCUT2D eigenvalue weighted by Gasteiger charge is 2.12. The van der Waals surface area contributed by atoms with Gasteiger partial charge in [-0.3, -0.25) is 4.68 Å². The summed E-state index contributed by atoms with van der Waals surface area (Å²) in [6, 6.07) is 0.410. The van der Waals surface area contributed by atoms with Crippen LogP contribution in [0, 0.1) is 6.92 Å². The van der Waals surface area contributed by atoms with Crippen LogP contribution < -0.4 is 0 Å². The van der Waals surface area contributed by atoms with Gasteiger partial charge >= 0.3 is 0 Å². The number of hydrogen-bond acceptors (Lipinski definition) is 2. The van der Waals surface area contributed by atoms with Crippen molar-refractivity contribution in [2.75, 3.05) is 0 Å². The minimum atomic E-state index is 0.410. The normalized spacial score (nSPS) is 11.7. The summed E-state index contributed by atoms with van der Waals surface area (Å²) >= 11 is 0. The van der Waals surface area contributed by atoms with Crippen LogP contribution in [0.4, 0.5) is 0 Å². The van der Waals surface area contributed by atoms with Crippen molar-refractivity contribution >= 4 is 0 Å². The van der Waals surface area contributed by atoms with Crippen molar-refractivity contribution in [1.82, 2.24) is 19.3 Å². The molecule has 4 heteroatoms. The maximum absolute atomic E-state index is 4.41. The summed E-state index contributed by atoms with van der Waals surface area (Å²) in [5, 5.41) is 4.38. The van der Waals surface area contributed by atoms with E-state index in [4.69, 9.17) is 0 Å². The zero-order valence-corrected chi connectivity index (χ0v) is 11.9. The molecule has 0 spiro atoms. The van der Waals surface area contributed by atoms with Gasteiger partial charge in [0.25, 0.3) is 0 Å². The van der Waals surface area contributed by atoms with E-state index in [0.717, 1.165) is 12.2 Å². The molecule has 0 aliphatic rings. The van der Waals surface area contributed by atoms with Crippen molar-refractivity contribution in [2.24, 2.45) is 0 Å². The molecular formula is C14H22N4. The molecule has 18 heavy (non-hydrogen) atoms. The van der Waals surface area contributed by atoms with Gasteiger partial charge in [-0.2, -0.15) is 5.10 Å². The maximum atomic E-state index is 4.41. The Morgan fingerprint density at radius 1 is 1.22 bits per heavy atom. The topological polar surface area (TPSA) is 35.6 Å². The van der Waals surface area contributed by atoms with Gasteiger partial charge in [-0.05, 0) is 26.7 Å². The molecule has 0 unspecified atom stereocenters. The third-order valence-corrected chi connectivity index (χ3v) is 3.15. The lowest BCUT2D eigenvalue weighted by Gasteiger charge is -2.11. The van der Waals surface area contributed by atoms with E-state index < -0.39 is 0 Å². The first kappa shape index (κ1) is 12.9. The Bertz CT molecular complexity index is 520. The van der Waals surface area contributed by atoms with E-state index in [1.165, 1.54) is 11.3 Å². The Morgan fingerprint density at radius 2 is 1.94 bits per heavy atom. The highest BCUT2D eigenvalue weighted by Crippen LogP contribution is 2.19. The molecule has 0 N–H and O–H groups in total. The van der Waals surface area contributed by atoms with E-state index in [2.05, 4.69) is 55.5 Å². The van der Waals surface area contributed by atoms with Crippen LogP contribution >= 0.6 is 0 Å². The average Bonchev–Trinajstić information content (AvgIpc) is 2.86. The Balaban J connectivity index is 2.23. The molecule has 98 valence electrons. The zero-order valence-electron chi connectivity index (χ0n) is 11.9. The van der Waals surface area contributed by atoms with E-state index >= 15 is 0 Å². The number of aryl methyl sites for hydroxylation is 1. The van der Waals surface area contributed by atoms with Gasteiger partial charge in [0.2, 0.25) is 0 Å². The SMILES string of the molecule is Cc1ncn(Cc2cnn(C(C)C)c2)c1C(C)C. The second-order valence-electron chi connectivity index (χ2n) is 5.42. The van der Waals surface area contributed by atoms with Gasteiger partial charge in [-0.15, -0.1) is 0 Å². The van der Waals surface area contributed by atoms with Crippen LogP contribution in [0.15, 0.2) is 18.7 Å². The monoisotopic (exact) mass is 246 g/mol. The first-order valence-corrected chi connectivity index (χ1v) is 6.53. The molecule has 2 aromatic heterocycles. The molecule has 0 atom stereocenters. The van der Waals surface area contributed by atoms with Crippen LogP contribution in [-0.4, -0.2) is 19.3 Å². The third-order valence-electron chi connectivity index (χ3n) is 3.15. The van der Waals surface area contributed by atoms with Crippen LogP contribution in [0.3, 0.4) is 0 Å². The van der Waals surface area contributed by atoms with E-state index in [0.29, 0.717) is 12.0 Å². The van der Waals surface area contributed by atoms with Crippen LogP contribution in [-0.2, 0) is 6.54 Å². The van der Waals surface area contributed by atoms with E-state index in [9.17, 15) is 0 Å². The van der Waals surface area contributed by atoms with Gasteiger partial charge in [-0.1, -0.05) is 13.8 Å². The number of imidazole rings is 1. The van der Waals surface area contributed by atoms with Crippen LogP contribution in [0.5, 0.6) is 0 Å². The minimum Gasteiger partial charge on any atom is -0.330 e. The lowest BCUT2D eigenvalue weighted by atomic mass is 10.1. The number of hydrogen-bond donors (Lipinski definition) is 0. The smallest absolute Gasteiger partial charge is 0.0954 e. The summed E-state index contributed by atoms with van der Waals surface area (Å²) in [5.41, 5.74) is 3.66. The third kappa shape index (κ3) is 2.47. The summed E-state index contributed by atoms with van der Waals surface area (Å²) in [6.07, 6.45) is 5.99. The maximum Gasteiger partial charge on any atom is 0.0954 e. The highest BCUT2D eigenvalue weighted by molar-refractivity contribution is 5.17. The standard InChI is InChI=1S/C14H22N4/c1-10(2)14-12(5)15-9-17(14)7-13-6-16-18(8-13)11(3)4/h6,8-11H,7H2,1-5H3. The molecule has 2 rings (SSSR count). The predicted octanol–water partition coefficient (Wildman–Crippen LogP) is 3.14. The molecule has 0 aliphatic carbocycles. The molecular weight excluding hydrogens is 224 g/mol. The number of nitrogens with zero attached hydrogens (tertiary/aromatic N) is 4. The minimum absolute atomic E-state index is 0.410. The van der Waals surface area contributed by atoms with Gasteiger partial charge < -0.3 is 4.57 Å². The Hall–Kier alpha value is -1.58. The summed E-state index contributed by atoms with van der Waals surface area (Å²) in [6.45, 7) is 11.6. The molecule has 0 fully saturated rings. The fourth-order valence-corrected chi connectivity index (χ4v) is 2.31. The number of rotatable bonds is 4. The molecule has 4 nitrogen and oxygen atoms in total. The van der Waals surface area contributed by atoms with Gasteiger partial charge in [0.1, 0.15) is 0 Å². The molecule has 0 radical (unpaired) electrons. The first-order valence-electron chi connectivity index (χ1n) is 6.53. The molecule has 0 aliphatic heterocycles. The second-order valence-corrected chi connectivity index (χ2v) is 5.42. The predicted molar refractivity (Wildman–Crippen MR) is 72.8 cm³/mol. The zero-order chi connectivity index (χ0) is 13.3. The molecule has 2 heterocycles. The van der Waals surface area contributed by atoms with Crippen LogP contribution in [0.25, 0.3) is 0 Å². The average molecular weight is 246 g/mol. The number of aromatic nitrogens is 4. The van der Waals surface area contributed by atoms with Gasteiger partial charge in [-0.25, -0.2) is 4.98 Å². The van der Waals surface area contributed by atoms with Gasteiger partial charge in [0.05, 0.1) is 24.8 Å².